The largest absolute Gasteiger partial charge is 0.443 e. The molecule has 0 radical (unpaired) electrons. The van der Waals surface area contributed by atoms with E-state index in [1.54, 1.807) is 0 Å². The van der Waals surface area contributed by atoms with Gasteiger partial charge >= 0.3 is 11.6 Å². The summed E-state index contributed by atoms with van der Waals surface area (Å²) >= 11 is 0. The predicted octanol–water partition coefficient (Wildman–Crippen LogP) is -3.20. The molecule has 14 nitrogen and oxygen atoms in total. The maximum absolute atomic E-state index is 9.40. The van der Waals surface area contributed by atoms with E-state index in [0.717, 1.165) is 9.48 Å². The van der Waals surface area contributed by atoms with Crippen molar-refractivity contribution in [3.8, 4) is 11.6 Å². The Kier molecular flexibility index (Phi) is 2.63. The van der Waals surface area contributed by atoms with Gasteiger partial charge in [0.05, 0.1) is 18.9 Å². The normalized spacial score (nSPS) is 11.5. The van der Waals surface area contributed by atoms with Crippen LogP contribution >= 0.6 is 0 Å². The standard InChI is InChI=1S/C8H6N10O4/c19-1-3-4(2-20)17(16-9-3)7-8(15-22-14-7)18-10-5-6(11-18)13-21-12-5/h19-20H,1-2H2. The van der Waals surface area contributed by atoms with Crippen molar-refractivity contribution in [3.63, 3.8) is 0 Å². The zero-order valence-electron chi connectivity index (χ0n) is 10.6. The molecular weight excluding hydrogens is 300 g/mol. The van der Waals surface area contributed by atoms with E-state index in [0.29, 0.717) is 0 Å². The van der Waals surface area contributed by atoms with Gasteiger partial charge in [0, 0.05) is 5.16 Å². The Bertz CT molecular complexity index is 905. The molecule has 0 aromatic carbocycles. The quantitative estimate of drug-likeness (QED) is 0.361. The first-order valence-corrected chi connectivity index (χ1v) is 5.86. The van der Waals surface area contributed by atoms with Crippen molar-refractivity contribution in [3.05, 3.63) is 11.4 Å². The van der Waals surface area contributed by atoms with Crippen molar-refractivity contribution >= 4 is 11.3 Å². The number of hydrogen-bond acceptors (Lipinski definition) is 11. The Morgan fingerprint density at radius 3 is 2.73 bits per heavy atom. The van der Waals surface area contributed by atoms with Crippen LogP contribution in [0.1, 0.15) is 11.4 Å². The molecule has 4 heterocycles. The highest BCUT2D eigenvalue weighted by Gasteiger charge is 2.28. The van der Waals surface area contributed by atoms with E-state index >= 15 is 0 Å². The number of fused-ring (bicyclic) bond motifs is 1. The summed E-state index contributed by atoms with van der Waals surface area (Å²) in [6.45, 7) is -0.809. The fourth-order valence-corrected chi connectivity index (χ4v) is 1.82. The molecule has 0 saturated carbocycles. The second-order valence-corrected chi connectivity index (χ2v) is 4.02. The van der Waals surface area contributed by atoms with Crippen LogP contribution in [0.3, 0.4) is 0 Å². The number of rotatable bonds is 4. The fourth-order valence-electron chi connectivity index (χ4n) is 1.82. The van der Waals surface area contributed by atoms with Gasteiger partial charge in [-0.05, 0) is 0 Å². The summed E-state index contributed by atoms with van der Waals surface area (Å²) in [7, 11) is 0. The molecule has 0 aliphatic rings. The summed E-state index contributed by atoms with van der Waals surface area (Å²) in [5.74, 6) is 0.148. The molecule has 0 fully saturated rings. The first-order valence-electron chi connectivity index (χ1n) is 5.86. The van der Waals surface area contributed by atoms with Crippen LogP contribution in [0.15, 0.2) is 9.26 Å². The number of aliphatic hydroxyl groups is 2. The summed E-state index contributed by atoms with van der Waals surface area (Å²) in [5, 5.41) is 48.5. The molecule has 22 heavy (non-hydrogen) atoms. The molecule has 0 aliphatic carbocycles. The molecule has 0 atom stereocenters. The lowest BCUT2D eigenvalue weighted by Gasteiger charge is -1.99. The monoisotopic (exact) mass is 306 g/mol. The third-order valence-corrected chi connectivity index (χ3v) is 2.82. The lowest BCUT2D eigenvalue weighted by molar-refractivity contribution is -0.719. The van der Waals surface area contributed by atoms with E-state index in [1.807, 2.05) is 0 Å². The summed E-state index contributed by atoms with van der Waals surface area (Å²) in [6.07, 6.45) is 0. The van der Waals surface area contributed by atoms with Gasteiger partial charge in [0.2, 0.25) is 0 Å². The van der Waals surface area contributed by atoms with Crippen LogP contribution in [0.25, 0.3) is 22.9 Å². The van der Waals surface area contributed by atoms with Crippen molar-refractivity contribution in [2.24, 2.45) is 0 Å². The molecule has 0 saturated heterocycles. The molecule has 0 bridgehead atoms. The molecular formula is C8H6N10O4. The Morgan fingerprint density at radius 2 is 1.95 bits per heavy atom. The third-order valence-electron chi connectivity index (χ3n) is 2.82. The van der Waals surface area contributed by atoms with Crippen LogP contribution in [-0.4, -0.2) is 50.9 Å². The minimum absolute atomic E-state index is 0.0730. The second kappa shape index (κ2) is 4.64. The van der Waals surface area contributed by atoms with Crippen molar-refractivity contribution in [1.29, 1.82) is 0 Å². The predicted molar refractivity (Wildman–Crippen MR) is 59.1 cm³/mol. The first-order chi connectivity index (χ1) is 10.8. The average Bonchev–Trinajstić information content (AvgIpc) is 3.26. The highest BCUT2D eigenvalue weighted by molar-refractivity contribution is 5.59. The summed E-state index contributed by atoms with van der Waals surface area (Å²) in [5.41, 5.74) is 0.777. The van der Waals surface area contributed by atoms with Gasteiger partial charge in [-0.3, -0.25) is 0 Å². The van der Waals surface area contributed by atoms with Crippen LogP contribution in [0.2, 0.25) is 0 Å². The van der Waals surface area contributed by atoms with Gasteiger partial charge in [-0.1, -0.05) is 10.4 Å². The lowest BCUT2D eigenvalue weighted by Crippen LogP contribution is -2.39. The summed E-state index contributed by atoms with van der Waals surface area (Å²) in [6, 6.07) is 0. The Morgan fingerprint density at radius 1 is 1.09 bits per heavy atom. The first kappa shape index (κ1) is 12.5. The maximum Gasteiger partial charge on any atom is 0.443 e. The van der Waals surface area contributed by atoms with Crippen LogP contribution < -0.4 is 9.90 Å². The Balaban J connectivity index is 1.86. The topological polar surface area (TPSA) is 180 Å². The molecule has 2 N–H and O–H groups in total. The third kappa shape index (κ3) is 1.68. The highest BCUT2D eigenvalue weighted by Crippen LogP contribution is 2.14. The molecule has 0 spiro atoms. The van der Waals surface area contributed by atoms with Gasteiger partial charge in [0.25, 0.3) is 0 Å². The summed E-state index contributed by atoms with van der Waals surface area (Å²) < 4.78 is 10.3. The minimum Gasteiger partial charge on any atom is -0.390 e. The zero-order chi connectivity index (χ0) is 15.1. The second-order valence-electron chi connectivity index (χ2n) is 4.02. The van der Waals surface area contributed by atoms with Gasteiger partial charge in [-0.15, -0.1) is 14.5 Å². The molecule has 112 valence electrons. The Hall–Kier alpha value is -3.26. The number of nitrogens with zero attached hydrogens (tertiary/aromatic N) is 10. The van der Waals surface area contributed by atoms with E-state index < -0.39 is 6.61 Å². The van der Waals surface area contributed by atoms with Crippen molar-refractivity contribution in [2.75, 3.05) is 0 Å². The molecule has 0 aliphatic heterocycles. The molecule has 14 heteroatoms. The SMILES string of the molecule is OCc1nnn(-c2nonc2-[n+]2nc3nonc3[n-]2)c1CO. The van der Waals surface area contributed by atoms with Gasteiger partial charge in [-0.25, -0.2) is 0 Å². The van der Waals surface area contributed by atoms with Crippen LogP contribution in [0, 0.1) is 0 Å². The molecule has 4 rings (SSSR count). The zero-order valence-corrected chi connectivity index (χ0v) is 10.6. The molecule has 4 aromatic rings. The number of aromatic nitrogens is 10. The van der Waals surface area contributed by atoms with E-state index in [4.69, 9.17) is 0 Å². The van der Waals surface area contributed by atoms with Crippen molar-refractivity contribution in [2.45, 2.75) is 13.2 Å². The van der Waals surface area contributed by atoms with Crippen molar-refractivity contribution in [1.82, 2.24) is 45.8 Å². The fraction of sp³-hybridized carbons (Fsp3) is 0.250. The molecule has 0 amide bonds. The van der Waals surface area contributed by atoms with Crippen LogP contribution in [-0.2, 0) is 13.2 Å². The maximum atomic E-state index is 9.40. The van der Waals surface area contributed by atoms with E-state index in [2.05, 4.69) is 50.4 Å². The smallest absolute Gasteiger partial charge is 0.390 e. The minimum atomic E-state index is -0.420. The van der Waals surface area contributed by atoms with Crippen LogP contribution in [0.4, 0.5) is 0 Å². The van der Waals surface area contributed by atoms with Gasteiger partial charge in [0.15, 0.2) is 10.8 Å². The molecule has 4 aromatic heterocycles. The van der Waals surface area contributed by atoms with E-state index in [1.165, 1.54) is 0 Å². The summed E-state index contributed by atoms with van der Waals surface area (Å²) in [4.78, 5) is 1.08. The van der Waals surface area contributed by atoms with Gasteiger partial charge < -0.3 is 14.8 Å². The van der Waals surface area contributed by atoms with E-state index in [-0.39, 0.29) is 40.9 Å². The lowest BCUT2D eigenvalue weighted by atomic mass is 10.3. The number of aliphatic hydroxyl groups excluding tert-OH is 2. The van der Waals surface area contributed by atoms with Gasteiger partial charge in [-0.2, -0.15) is 20.0 Å². The van der Waals surface area contributed by atoms with E-state index in [9.17, 15) is 10.2 Å². The average molecular weight is 306 g/mol. The Labute approximate surface area is 118 Å². The highest BCUT2D eigenvalue weighted by atomic mass is 16.6. The van der Waals surface area contributed by atoms with Gasteiger partial charge in [0.1, 0.15) is 11.3 Å². The van der Waals surface area contributed by atoms with Crippen LogP contribution in [0.5, 0.6) is 0 Å². The number of hydrogen-bond donors (Lipinski definition) is 2. The van der Waals surface area contributed by atoms with Crippen molar-refractivity contribution < 1.29 is 24.3 Å². The molecule has 0 unspecified atom stereocenters.